The molecule has 0 bridgehead atoms. The number of nitrogens with one attached hydrogen (secondary N) is 1. The third kappa shape index (κ3) is 4.51. The highest BCUT2D eigenvalue weighted by Crippen LogP contribution is 2.14. The smallest absolute Gasteiger partial charge is 0.241 e. The third-order valence-electron chi connectivity index (χ3n) is 3.37. The monoisotopic (exact) mass is 279 g/mol. The van der Waals surface area contributed by atoms with E-state index in [1.54, 1.807) is 19.2 Å². The Labute approximate surface area is 121 Å². The molecule has 0 radical (unpaired) electrons. The average molecular weight is 279 g/mol. The van der Waals surface area contributed by atoms with Gasteiger partial charge in [-0.2, -0.15) is 0 Å². The summed E-state index contributed by atoms with van der Waals surface area (Å²) in [6.45, 7) is 7.38. The van der Waals surface area contributed by atoms with Crippen LogP contribution >= 0.6 is 0 Å². The number of methoxy groups -OCH3 is 1. The molecular formula is C15H25N3O2. The number of nitrogens with two attached hydrogens (primary N) is 1. The summed E-state index contributed by atoms with van der Waals surface area (Å²) in [6.07, 6.45) is 0. The van der Waals surface area contributed by atoms with Gasteiger partial charge in [0.2, 0.25) is 5.91 Å². The standard InChI is InChI=1S/C15H25N3O2/c1-5-18(11(2)10-20-4)12(3)15(19)17-14-8-6-7-13(16)9-14/h6-9,11-12H,5,10,16H2,1-4H3,(H,17,19). The molecule has 3 N–H and O–H groups in total. The number of hydrogen-bond acceptors (Lipinski definition) is 4. The first-order chi connectivity index (χ1) is 9.49. The van der Waals surface area contributed by atoms with E-state index in [-0.39, 0.29) is 18.0 Å². The fraction of sp³-hybridized carbons (Fsp3) is 0.533. The fourth-order valence-electron chi connectivity index (χ4n) is 2.32. The Hall–Kier alpha value is -1.59. The van der Waals surface area contributed by atoms with Crippen LogP contribution in [0.1, 0.15) is 20.8 Å². The molecule has 0 aliphatic carbocycles. The maximum absolute atomic E-state index is 12.3. The highest BCUT2D eigenvalue weighted by atomic mass is 16.5. The molecule has 1 aromatic carbocycles. The predicted molar refractivity (Wildman–Crippen MR) is 82.7 cm³/mol. The Morgan fingerprint density at radius 2 is 2.15 bits per heavy atom. The van der Waals surface area contributed by atoms with E-state index in [2.05, 4.69) is 17.1 Å². The summed E-state index contributed by atoms with van der Waals surface area (Å²) >= 11 is 0. The van der Waals surface area contributed by atoms with Gasteiger partial charge in [-0.3, -0.25) is 9.69 Å². The summed E-state index contributed by atoms with van der Waals surface area (Å²) in [5.74, 6) is -0.0413. The van der Waals surface area contributed by atoms with Crippen LogP contribution in [0.5, 0.6) is 0 Å². The minimum atomic E-state index is -0.230. The van der Waals surface area contributed by atoms with Crippen LogP contribution in [-0.2, 0) is 9.53 Å². The lowest BCUT2D eigenvalue weighted by Crippen LogP contribution is -2.48. The molecule has 20 heavy (non-hydrogen) atoms. The van der Waals surface area contributed by atoms with Crippen LogP contribution in [0.2, 0.25) is 0 Å². The number of carbonyl (C=O) groups excluding carboxylic acids is 1. The number of anilines is 2. The third-order valence-corrected chi connectivity index (χ3v) is 3.37. The largest absolute Gasteiger partial charge is 0.399 e. The summed E-state index contributed by atoms with van der Waals surface area (Å²) < 4.78 is 5.16. The number of hydrogen-bond donors (Lipinski definition) is 2. The Morgan fingerprint density at radius 3 is 2.70 bits per heavy atom. The van der Waals surface area contributed by atoms with Gasteiger partial charge < -0.3 is 15.8 Å². The second kappa shape index (κ2) is 7.87. The first kappa shape index (κ1) is 16.5. The van der Waals surface area contributed by atoms with Gasteiger partial charge in [0, 0.05) is 24.5 Å². The maximum atomic E-state index is 12.3. The number of ether oxygens (including phenoxy) is 1. The molecule has 0 aromatic heterocycles. The SMILES string of the molecule is CCN(C(C)COC)C(C)C(=O)Nc1cccc(N)c1. The minimum Gasteiger partial charge on any atom is -0.399 e. The van der Waals surface area contributed by atoms with Crippen molar-refractivity contribution in [1.82, 2.24) is 4.90 Å². The van der Waals surface area contributed by atoms with Crippen LogP contribution in [0.25, 0.3) is 0 Å². The molecule has 0 spiro atoms. The summed E-state index contributed by atoms with van der Waals surface area (Å²) in [5.41, 5.74) is 7.06. The lowest BCUT2D eigenvalue weighted by Gasteiger charge is -2.32. The van der Waals surface area contributed by atoms with Crippen molar-refractivity contribution in [3.63, 3.8) is 0 Å². The van der Waals surface area contributed by atoms with E-state index in [1.807, 2.05) is 26.0 Å². The molecule has 1 aromatic rings. The molecule has 0 fully saturated rings. The Morgan fingerprint density at radius 1 is 1.45 bits per heavy atom. The molecule has 112 valence electrons. The molecular weight excluding hydrogens is 254 g/mol. The van der Waals surface area contributed by atoms with Gasteiger partial charge >= 0.3 is 0 Å². The van der Waals surface area contributed by atoms with Crippen molar-refractivity contribution in [3.05, 3.63) is 24.3 Å². The summed E-state index contributed by atoms with van der Waals surface area (Å²) in [7, 11) is 1.67. The van der Waals surface area contributed by atoms with E-state index in [0.717, 1.165) is 12.2 Å². The van der Waals surface area contributed by atoms with Gasteiger partial charge in [0.05, 0.1) is 12.6 Å². The van der Waals surface area contributed by atoms with E-state index >= 15 is 0 Å². The molecule has 0 saturated carbocycles. The van der Waals surface area contributed by atoms with Gasteiger partial charge in [0.1, 0.15) is 0 Å². The lowest BCUT2D eigenvalue weighted by atomic mass is 10.2. The normalized spacial score (nSPS) is 14.1. The van der Waals surface area contributed by atoms with Crippen LogP contribution in [0, 0.1) is 0 Å². The first-order valence-corrected chi connectivity index (χ1v) is 6.90. The van der Waals surface area contributed by atoms with Crippen molar-refractivity contribution in [3.8, 4) is 0 Å². The average Bonchev–Trinajstić information content (AvgIpc) is 2.39. The van der Waals surface area contributed by atoms with Gasteiger partial charge in [0.25, 0.3) is 0 Å². The number of amides is 1. The molecule has 5 heteroatoms. The second-order valence-electron chi connectivity index (χ2n) is 4.93. The van der Waals surface area contributed by atoms with E-state index < -0.39 is 0 Å². The molecule has 2 atom stereocenters. The molecule has 0 aliphatic heterocycles. The zero-order valence-electron chi connectivity index (χ0n) is 12.7. The zero-order chi connectivity index (χ0) is 15.1. The molecule has 0 heterocycles. The van der Waals surface area contributed by atoms with Crippen LogP contribution in [0.3, 0.4) is 0 Å². The molecule has 0 aliphatic rings. The Kier molecular flexibility index (Phi) is 6.48. The summed E-state index contributed by atoms with van der Waals surface area (Å²) in [6, 6.07) is 7.15. The van der Waals surface area contributed by atoms with Crippen LogP contribution in [0.4, 0.5) is 11.4 Å². The van der Waals surface area contributed by atoms with Crippen molar-refractivity contribution < 1.29 is 9.53 Å². The maximum Gasteiger partial charge on any atom is 0.241 e. The van der Waals surface area contributed by atoms with Crippen molar-refractivity contribution in [2.75, 3.05) is 31.3 Å². The van der Waals surface area contributed by atoms with E-state index in [1.165, 1.54) is 0 Å². The lowest BCUT2D eigenvalue weighted by molar-refractivity contribution is -0.121. The Bertz CT molecular complexity index is 437. The molecule has 1 amide bonds. The van der Waals surface area contributed by atoms with Crippen LogP contribution in [-0.4, -0.2) is 43.2 Å². The van der Waals surface area contributed by atoms with Crippen molar-refractivity contribution in [1.29, 1.82) is 0 Å². The Balaban J connectivity index is 2.69. The highest BCUT2D eigenvalue weighted by molar-refractivity contribution is 5.94. The number of benzene rings is 1. The fourth-order valence-corrected chi connectivity index (χ4v) is 2.32. The van der Waals surface area contributed by atoms with Gasteiger partial charge in [0.15, 0.2) is 0 Å². The summed E-state index contributed by atoms with van der Waals surface area (Å²) in [5, 5.41) is 2.89. The first-order valence-electron chi connectivity index (χ1n) is 6.90. The molecule has 2 unspecified atom stereocenters. The van der Waals surface area contributed by atoms with Gasteiger partial charge in [-0.1, -0.05) is 13.0 Å². The van der Waals surface area contributed by atoms with E-state index in [4.69, 9.17) is 10.5 Å². The molecule has 5 nitrogen and oxygen atoms in total. The van der Waals surface area contributed by atoms with Crippen molar-refractivity contribution in [2.45, 2.75) is 32.9 Å². The highest BCUT2D eigenvalue weighted by Gasteiger charge is 2.24. The number of likely N-dealkylation sites (N-methyl/N-ethyl adjacent to an activating group) is 1. The zero-order valence-corrected chi connectivity index (χ0v) is 12.7. The molecule has 1 rings (SSSR count). The van der Waals surface area contributed by atoms with Gasteiger partial charge in [-0.25, -0.2) is 0 Å². The topological polar surface area (TPSA) is 67.6 Å². The van der Waals surface area contributed by atoms with Gasteiger partial charge in [-0.05, 0) is 38.6 Å². The van der Waals surface area contributed by atoms with Crippen molar-refractivity contribution >= 4 is 17.3 Å². The number of rotatable bonds is 7. The van der Waals surface area contributed by atoms with Crippen LogP contribution in [0.15, 0.2) is 24.3 Å². The molecule has 0 saturated heterocycles. The quantitative estimate of drug-likeness (QED) is 0.749. The summed E-state index contributed by atoms with van der Waals surface area (Å²) in [4.78, 5) is 14.4. The number of carbonyl (C=O) groups is 1. The van der Waals surface area contributed by atoms with E-state index in [0.29, 0.717) is 12.3 Å². The van der Waals surface area contributed by atoms with E-state index in [9.17, 15) is 4.79 Å². The number of nitrogen functional groups attached to an aromatic ring is 1. The number of nitrogens with zero attached hydrogens (tertiary/aromatic N) is 1. The predicted octanol–water partition coefficient (Wildman–Crippen LogP) is 1.95. The minimum absolute atomic E-state index is 0.0413. The van der Waals surface area contributed by atoms with Gasteiger partial charge in [-0.15, -0.1) is 0 Å². The van der Waals surface area contributed by atoms with Crippen molar-refractivity contribution in [2.24, 2.45) is 0 Å². The van der Waals surface area contributed by atoms with Crippen LogP contribution < -0.4 is 11.1 Å². The second-order valence-corrected chi connectivity index (χ2v) is 4.93.